The lowest BCUT2D eigenvalue weighted by Crippen LogP contribution is -2.11. The summed E-state index contributed by atoms with van der Waals surface area (Å²) in [4.78, 5) is 9.78. The summed E-state index contributed by atoms with van der Waals surface area (Å²) in [6.07, 6.45) is -1.09. The lowest BCUT2D eigenvalue weighted by atomic mass is 10.1. The van der Waals surface area contributed by atoms with E-state index in [-0.39, 0.29) is 23.5 Å². The van der Waals surface area contributed by atoms with E-state index in [4.69, 9.17) is 5.73 Å². The van der Waals surface area contributed by atoms with Gasteiger partial charge in [0.1, 0.15) is 5.75 Å². The Bertz CT molecular complexity index is 353. The molecule has 1 rings (SSSR count). The number of aromatic hydroxyl groups is 1. The lowest BCUT2D eigenvalue weighted by Gasteiger charge is -2.09. The predicted molar refractivity (Wildman–Crippen MR) is 48.8 cm³/mol. The van der Waals surface area contributed by atoms with Crippen molar-refractivity contribution in [2.24, 2.45) is 5.73 Å². The van der Waals surface area contributed by atoms with Gasteiger partial charge in [-0.1, -0.05) is 0 Å². The Morgan fingerprint density at radius 2 is 2.21 bits per heavy atom. The Hall–Kier alpha value is -1.66. The number of phenolic OH excluding ortho intramolecular Hbond substituents is 1. The fraction of sp³-hybridized carbons (Fsp3) is 0.250. The molecule has 0 amide bonds. The SMILES string of the molecule is NC[C@@H](O)c1cc([N+](=O)[O-])ccc1O. The second-order valence-corrected chi connectivity index (χ2v) is 2.75. The highest BCUT2D eigenvalue weighted by Crippen LogP contribution is 2.27. The summed E-state index contributed by atoms with van der Waals surface area (Å²) in [5, 5.41) is 29.0. The number of non-ortho nitro benzene ring substituents is 1. The highest BCUT2D eigenvalue weighted by Gasteiger charge is 2.15. The number of aliphatic hydroxyl groups is 1. The zero-order valence-electron chi connectivity index (χ0n) is 7.25. The first-order chi connectivity index (χ1) is 6.56. The molecule has 0 spiro atoms. The minimum atomic E-state index is -1.09. The van der Waals surface area contributed by atoms with Crippen LogP contribution in [0.25, 0.3) is 0 Å². The molecule has 0 radical (unpaired) electrons. The molecule has 0 aliphatic carbocycles. The zero-order valence-corrected chi connectivity index (χ0v) is 7.25. The second-order valence-electron chi connectivity index (χ2n) is 2.75. The number of nitro groups is 1. The van der Waals surface area contributed by atoms with Crippen LogP contribution in [0.15, 0.2) is 18.2 Å². The molecular formula is C8H10N2O4. The molecule has 76 valence electrons. The fourth-order valence-corrected chi connectivity index (χ4v) is 1.05. The van der Waals surface area contributed by atoms with Gasteiger partial charge in [0.15, 0.2) is 0 Å². The maximum Gasteiger partial charge on any atom is 0.270 e. The van der Waals surface area contributed by atoms with Crippen LogP contribution < -0.4 is 5.73 Å². The molecule has 0 fully saturated rings. The lowest BCUT2D eigenvalue weighted by molar-refractivity contribution is -0.385. The number of hydrogen-bond donors (Lipinski definition) is 3. The van der Waals surface area contributed by atoms with Crippen LogP contribution in [0.5, 0.6) is 5.75 Å². The first-order valence-electron chi connectivity index (χ1n) is 3.91. The normalized spacial score (nSPS) is 12.4. The average Bonchev–Trinajstić information content (AvgIpc) is 2.17. The summed E-state index contributed by atoms with van der Waals surface area (Å²) in [6, 6.07) is 3.42. The molecule has 6 heteroatoms. The van der Waals surface area contributed by atoms with Crippen molar-refractivity contribution >= 4 is 5.69 Å². The van der Waals surface area contributed by atoms with Crippen LogP contribution in [-0.2, 0) is 0 Å². The van der Waals surface area contributed by atoms with Crippen LogP contribution in [0.4, 0.5) is 5.69 Å². The molecule has 14 heavy (non-hydrogen) atoms. The van der Waals surface area contributed by atoms with E-state index in [0.29, 0.717) is 0 Å². The van der Waals surface area contributed by atoms with E-state index < -0.39 is 11.0 Å². The summed E-state index contributed by atoms with van der Waals surface area (Å²) in [5.41, 5.74) is 5.05. The summed E-state index contributed by atoms with van der Waals surface area (Å²) in [7, 11) is 0. The van der Waals surface area contributed by atoms with Gasteiger partial charge in [-0.15, -0.1) is 0 Å². The highest BCUT2D eigenvalue weighted by molar-refractivity contribution is 5.44. The molecule has 1 aromatic carbocycles. The summed E-state index contributed by atoms with van der Waals surface area (Å²) < 4.78 is 0. The van der Waals surface area contributed by atoms with Gasteiger partial charge in [-0.05, 0) is 6.07 Å². The second kappa shape index (κ2) is 4.03. The molecule has 0 unspecified atom stereocenters. The monoisotopic (exact) mass is 198 g/mol. The van der Waals surface area contributed by atoms with Crippen LogP contribution in [0.3, 0.4) is 0 Å². The van der Waals surface area contributed by atoms with E-state index in [1.165, 1.54) is 0 Å². The van der Waals surface area contributed by atoms with Gasteiger partial charge in [0.25, 0.3) is 5.69 Å². The number of nitro benzene ring substituents is 1. The number of aliphatic hydroxyl groups excluding tert-OH is 1. The first-order valence-corrected chi connectivity index (χ1v) is 3.91. The number of rotatable bonds is 3. The molecule has 0 bridgehead atoms. The molecule has 0 heterocycles. The van der Waals surface area contributed by atoms with E-state index in [2.05, 4.69) is 0 Å². The van der Waals surface area contributed by atoms with Crippen LogP contribution in [-0.4, -0.2) is 21.7 Å². The Balaban J connectivity index is 3.14. The van der Waals surface area contributed by atoms with Crippen molar-refractivity contribution in [2.45, 2.75) is 6.10 Å². The predicted octanol–water partition coefficient (Wildman–Crippen LogP) is 0.292. The van der Waals surface area contributed by atoms with Gasteiger partial charge in [-0.2, -0.15) is 0 Å². The Kier molecular flexibility index (Phi) is 3.00. The third-order valence-corrected chi connectivity index (χ3v) is 1.80. The Morgan fingerprint density at radius 1 is 1.57 bits per heavy atom. The quantitative estimate of drug-likeness (QED) is 0.477. The molecule has 0 aliphatic heterocycles. The van der Waals surface area contributed by atoms with Gasteiger partial charge in [0.2, 0.25) is 0 Å². The van der Waals surface area contributed by atoms with Crippen LogP contribution >= 0.6 is 0 Å². The van der Waals surface area contributed by atoms with Crippen LogP contribution in [0, 0.1) is 10.1 Å². The van der Waals surface area contributed by atoms with Crippen molar-refractivity contribution in [1.82, 2.24) is 0 Å². The van der Waals surface area contributed by atoms with Crippen molar-refractivity contribution in [3.63, 3.8) is 0 Å². The molecule has 6 nitrogen and oxygen atoms in total. The van der Waals surface area contributed by atoms with Crippen LogP contribution in [0.2, 0.25) is 0 Å². The maximum absolute atomic E-state index is 10.4. The number of nitrogens with two attached hydrogens (primary N) is 1. The smallest absolute Gasteiger partial charge is 0.270 e. The van der Waals surface area contributed by atoms with Gasteiger partial charge >= 0.3 is 0 Å². The molecular weight excluding hydrogens is 188 g/mol. The minimum Gasteiger partial charge on any atom is -0.508 e. The Morgan fingerprint density at radius 3 is 2.71 bits per heavy atom. The molecule has 4 N–H and O–H groups in total. The average molecular weight is 198 g/mol. The molecule has 1 aromatic rings. The van der Waals surface area contributed by atoms with Crippen molar-refractivity contribution in [1.29, 1.82) is 0 Å². The maximum atomic E-state index is 10.4. The first kappa shape index (κ1) is 10.4. The molecule has 0 saturated heterocycles. The van der Waals surface area contributed by atoms with Gasteiger partial charge in [0, 0.05) is 24.2 Å². The molecule has 0 aliphatic rings. The van der Waals surface area contributed by atoms with E-state index in [9.17, 15) is 20.3 Å². The van der Waals surface area contributed by atoms with Gasteiger partial charge in [0.05, 0.1) is 11.0 Å². The third-order valence-electron chi connectivity index (χ3n) is 1.80. The zero-order chi connectivity index (χ0) is 10.7. The van der Waals surface area contributed by atoms with Gasteiger partial charge < -0.3 is 15.9 Å². The van der Waals surface area contributed by atoms with Gasteiger partial charge in [-0.25, -0.2) is 0 Å². The molecule has 1 atom stereocenters. The van der Waals surface area contributed by atoms with E-state index in [0.717, 1.165) is 18.2 Å². The summed E-state index contributed by atoms with van der Waals surface area (Å²) >= 11 is 0. The fourth-order valence-electron chi connectivity index (χ4n) is 1.05. The minimum absolute atomic E-state index is 0.0710. The van der Waals surface area contributed by atoms with Gasteiger partial charge in [-0.3, -0.25) is 10.1 Å². The van der Waals surface area contributed by atoms with E-state index >= 15 is 0 Å². The van der Waals surface area contributed by atoms with Crippen molar-refractivity contribution in [3.05, 3.63) is 33.9 Å². The Labute approximate surface area is 79.7 Å². The van der Waals surface area contributed by atoms with Crippen molar-refractivity contribution in [3.8, 4) is 5.75 Å². The highest BCUT2D eigenvalue weighted by atomic mass is 16.6. The molecule has 0 aromatic heterocycles. The van der Waals surface area contributed by atoms with Crippen molar-refractivity contribution < 1.29 is 15.1 Å². The largest absolute Gasteiger partial charge is 0.508 e. The van der Waals surface area contributed by atoms with Crippen molar-refractivity contribution in [2.75, 3.05) is 6.54 Å². The van der Waals surface area contributed by atoms with E-state index in [1.54, 1.807) is 0 Å². The summed E-state index contributed by atoms with van der Waals surface area (Å²) in [6.45, 7) is -0.102. The molecule has 0 saturated carbocycles. The number of nitrogens with zero attached hydrogens (tertiary/aromatic N) is 1. The number of hydrogen-bond acceptors (Lipinski definition) is 5. The number of benzene rings is 1. The van der Waals surface area contributed by atoms with Crippen LogP contribution in [0.1, 0.15) is 11.7 Å². The third kappa shape index (κ3) is 1.98. The topological polar surface area (TPSA) is 110 Å². The summed E-state index contributed by atoms with van der Waals surface area (Å²) in [5.74, 6) is -0.200. The standard InChI is InChI=1S/C8H10N2O4/c9-4-8(12)6-3-5(10(13)14)1-2-7(6)11/h1-3,8,11-12H,4,9H2/t8-/m1/s1. The van der Waals surface area contributed by atoms with E-state index in [1.807, 2.05) is 0 Å². The number of phenols is 1.